The number of thiazole rings is 1. The van der Waals surface area contributed by atoms with E-state index in [4.69, 9.17) is 5.73 Å². The van der Waals surface area contributed by atoms with E-state index in [9.17, 15) is 0 Å². The van der Waals surface area contributed by atoms with Gasteiger partial charge in [0.25, 0.3) is 0 Å². The third-order valence-electron chi connectivity index (χ3n) is 2.41. The van der Waals surface area contributed by atoms with Crippen LogP contribution >= 0.6 is 11.3 Å². The van der Waals surface area contributed by atoms with Gasteiger partial charge < -0.3 is 5.73 Å². The number of rotatable bonds is 1. The van der Waals surface area contributed by atoms with Crippen molar-refractivity contribution in [1.29, 1.82) is 0 Å². The number of para-hydroxylation sites is 1. The topological polar surface area (TPSA) is 56.7 Å². The van der Waals surface area contributed by atoms with Crippen molar-refractivity contribution in [3.63, 3.8) is 0 Å². The Morgan fingerprint density at radius 3 is 2.81 bits per heavy atom. The van der Waals surface area contributed by atoms with Crippen LogP contribution in [0.5, 0.6) is 0 Å². The molecule has 0 bridgehead atoms. The van der Waals surface area contributed by atoms with Crippen molar-refractivity contribution in [3.8, 4) is 5.13 Å². The van der Waals surface area contributed by atoms with E-state index >= 15 is 0 Å². The van der Waals surface area contributed by atoms with Crippen LogP contribution in [0.25, 0.3) is 15.3 Å². The Balaban J connectivity index is 2.18. The number of fused-ring (bicyclic) bond motifs is 1. The Hall–Kier alpha value is -1.88. The van der Waals surface area contributed by atoms with Crippen molar-refractivity contribution in [2.75, 3.05) is 5.73 Å². The van der Waals surface area contributed by atoms with Crippen LogP contribution in [-0.4, -0.2) is 14.8 Å². The summed E-state index contributed by atoms with van der Waals surface area (Å²) in [5, 5.41) is 5.07. The summed E-state index contributed by atoms with van der Waals surface area (Å²) in [6, 6.07) is 8.03. The molecule has 0 amide bonds. The molecule has 4 nitrogen and oxygen atoms in total. The molecular formula is C11H10N4S. The Morgan fingerprint density at radius 2 is 2.12 bits per heavy atom. The number of nitrogens with zero attached hydrogens (tertiary/aromatic N) is 3. The van der Waals surface area contributed by atoms with E-state index in [2.05, 4.69) is 16.1 Å². The zero-order valence-electron chi connectivity index (χ0n) is 8.71. The molecule has 0 radical (unpaired) electrons. The summed E-state index contributed by atoms with van der Waals surface area (Å²) in [5.41, 5.74) is 7.68. The largest absolute Gasteiger partial charge is 0.382 e. The number of benzene rings is 1. The quantitative estimate of drug-likeness (QED) is 0.698. The highest BCUT2D eigenvalue weighted by Crippen LogP contribution is 2.24. The standard InChI is InChI=1S/C11H10N4S/c1-7-6-15(14-10(7)12)11-13-8-4-2-3-5-9(8)16-11/h2-6H,1H3,(H2,12,14). The van der Waals surface area contributed by atoms with Gasteiger partial charge in [-0.05, 0) is 19.1 Å². The number of hydrogen-bond acceptors (Lipinski definition) is 4. The second-order valence-corrected chi connectivity index (χ2v) is 4.62. The molecule has 0 atom stereocenters. The monoisotopic (exact) mass is 230 g/mol. The summed E-state index contributed by atoms with van der Waals surface area (Å²) >= 11 is 1.61. The first-order chi connectivity index (χ1) is 7.74. The number of aryl methyl sites for hydroxylation is 1. The van der Waals surface area contributed by atoms with E-state index in [1.807, 2.05) is 31.3 Å². The molecule has 16 heavy (non-hydrogen) atoms. The van der Waals surface area contributed by atoms with Gasteiger partial charge >= 0.3 is 0 Å². The maximum absolute atomic E-state index is 5.72. The molecule has 0 aliphatic heterocycles. The fourth-order valence-electron chi connectivity index (χ4n) is 1.53. The second-order valence-electron chi connectivity index (χ2n) is 3.61. The maximum Gasteiger partial charge on any atom is 0.211 e. The average Bonchev–Trinajstić information content (AvgIpc) is 2.83. The van der Waals surface area contributed by atoms with E-state index in [0.717, 1.165) is 20.9 Å². The third kappa shape index (κ3) is 1.37. The number of hydrogen-bond donors (Lipinski definition) is 1. The van der Waals surface area contributed by atoms with Crippen LogP contribution in [0.2, 0.25) is 0 Å². The molecule has 0 spiro atoms. The van der Waals surface area contributed by atoms with Gasteiger partial charge in [-0.2, -0.15) is 0 Å². The van der Waals surface area contributed by atoms with Crippen LogP contribution in [0.15, 0.2) is 30.5 Å². The summed E-state index contributed by atoms with van der Waals surface area (Å²) in [6.07, 6.45) is 1.90. The first-order valence-corrected chi connectivity index (χ1v) is 5.73. The molecule has 3 rings (SSSR count). The van der Waals surface area contributed by atoms with Crippen LogP contribution in [0.4, 0.5) is 5.82 Å². The molecular weight excluding hydrogens is 220 g/mol. The SMILES string of the molecule is Cc1cn(-c2nc3ccccc3s2)nc1N. The molecule has 80 valence electrons. The molecule has 0 fully saturated rings. The predicted octanol–water partition coefficient (Wildman–Crippen LogP) is 2.37. The zero-order valence-corrected chi connectivity index (χ0v) is 9.53. The summed E-state index contributed by atoms with van der Waals surface area (Å²) in [6.45, 7) is 1.94. The fourth-order valence-corrected chi connectivity index (χ4v) is 2.42. The van der Waals surface area contributed by atoms with Crippen molar-refractivity contribution < 1.29 is 0 Å². The lowest BCUT2D eigenvalue weighted by molar-refractivity contribution is 0.877. The molecule has 0 unspecified atom stereocenters. The lowest BCUT2D eigenvalue weighted by Crippen LogP contribution is -1.94. The molecule has 2 N–H and O–H groups in total. The minimum atomic E-state index is 0.555. The van der Waals surface area contributed by atoms with E-state index in [1.54, 1.807) is 16.0 Å². The summed E-state index contributed by atoms with van der Waals surface area (Å²) in [5.74, 6) is 0.555. The van der Waals surface area contributed by atoms with Crippen LogP contribution in [0.1, 0.15) is 5.56 Å². The number of anilines is 1. The summed E-state index contributed by atoms with van der Waals surface area (Å²) < 4.78 is 2.89. The van der Waals surface area contributed by atoms with Crippen molar-refractivity contribution >= 4 is 27.4 Å². The Bertz CT molecular complexity index is 600. The van der Waals surface area contributed by atoms with Crippen LogP contribution in [0, 0.1) is 6.92 Å². The highest BCUT2D eigenvalue weighted by Gasteiger charge is 2.07. The van der Waals surface area contributed by atoms with Crippen LogP contribution in [-0.2, 0) is 0 Å². The Morgan fingerprint density at radius 1 is 1.31 bits per heavy atom. The van der Waals surface area contributed by atoms with E-state index < -0.39 is 0 Å². The van der Waals surface area contributed by atoms with Gasteiger partial charge in [0, 0.05) is 11.8 Å². The molecule has 1 aromatic carbocycles. The molecule has 5 heteroatoms. The smallest absolute Gasteiger partial charge is 0.211 e. The maximum atomic E-state index is 5.72. The number of nitrogen functional groups attached to an aromatic ring is 1. The highest BCUT2D eigenvalue weighted by atomic mass is 32.1. The fraction of sp³-hybridized carbons (Fsp3) is 0.0909. The summed E-state index contributed by atoms with van der Waals surface area (Å²) in [7, 11) is 0. The molecule has 0 saturated heterocycles. The van der Waals surface area contributed by atoms with Gasteiger partial charge in [0.05, 0.1) is 10.2 Å². The van der Waals surface area contributed by atoms with Crippen molar-refractivity contribution in [2.45, 2.75) is 6.92 Å². The first kappa shape index (κ1) is 9.35. The molecule has 3 aromatic rings. The molecule has 0 aliphatic rings. The molecule has 0 aliphatic carbocycles. The van der Waals surface area contributed by atoms with Crippen molar-refractivity contribution in [2.24, 2.45) is 0 Å². The third-order valence-corrected chi connectivity index (χ3v) is 3.44. The van der Waals surface area contributed by atoms with E-state index in [0.29, 0.717) is 5.82 Å². The Kier molecular flexibility index (Phi) is 1.94. The van der Waals surface area contributed by atoms with Crippen LogP contribution in [0.3, 0.4) is 0 Å². The lowest BCUT2D eigenvalue weighted by Gasteiger charge is -1.91. The van der Waals surface area contributed by atoms with Gasteiger partial charge in [-0.3, -0.25) is 0 Å². The van der Waals surface area contributed by atoms with Gasteiger partial charge in [0.15, 0.2) is 0 Å². The van der Waals surface area contributed by atoms with E-state index in [-0.39, 0.29) is 0 Å². The van der Waals surface area contributed by atoms with E-state index in [1.165, 1.54) is 0 Å². The minimum Gasteiger partial charge on any atom is -0.382 e. The predicted molar refractivity (Wildman–Crippen MR) is 65.9 cm³/mol. The summed E-state index contributed by atoms with van der Waals surface area (Å²) in [4.78, 5) is 4.50. The van der Waals surface area contributed by atoms with Crippen molar-refractivity contribution in [3.05, 3.63) is 36.0 Å². The second kappa shape index (κ2) is 3.31. The average molecular weight is 230 g/mol. The first-order valence-electron chi connectivity index (χ1n) is 4.92. The van der Waals surface area contributed by atoms with Crippen molar-refractivity contribution in [1.82, 2.24) is 14.8 Å². The molecule has 0 saturated carbocycles. The molecule has 2 aromatic heterocycles. The highest BCUT2D eigenvalue weighted by molar-refractivity contribution is 7.20. The minimum absolute atomic E-state index is 0.555. The van der Waals surface area contributed by atoms with Crippen LogP contribution < -0.4 is 5.73 Å². The molecule has 2 heterocycles. The normalized spacial score (nSPS) is 11.1. The van der Waals surface area contributed by atoms with Gasteiger partial charge in [0.1, 0.15) is 5.82 Å². The van der Waals surface area contributed by atoms with Gasteiger partial charge in [0.2, 0.25) is 5.13 Å². The number of aromatic nitrogens is 3. The van der Waals surface area contributed by atoms with Gasteiger partial charge in [-0.15, -0.1) is 5.10 Å². The number of nitrogens with two attached hydrogens (primary N) is 1. The zero-order chi connectivity index (χ0) is 11.1. The van der Waals surface area contributed by atoms with Gasteiger partial charge in [-0.25, -0.2) is 9.67 Å². The lowest BCUT2D eigenvalue weighted by atomic mass is 10.3. The Labute approximate surface area is 96.3 Å². The van der Waals surface area contributed by atoms with Gasteiger partial charge in [-0.1, -0.05) is 23.5 Å².